The molecule has 2 N–H and O–H groups in total. The van der Waals surface area contributed by atoms with Crippen molar-refractivity contribution in [2.75, 3.05) is 52.4 Å². The van der Waals surface area contributed by atoms with Crippen LogP contribution in [0.1, 0.15) is 49.9 Å². The average Bonchev–Trinajstić information content (AvgIpc) is 3.09. The van der Waals surface area contributed by atoms with Crippen molar-refractivity contribution in [3.05, 3.63) is 0 Å². The molecule has 26 heavy (non-hydrogen) atoms. The van der Waals surface area contributed by atoms with E-state index in [1.807, 2.05) is 0 Å². The second-order valence-corrected chi connectivity index (χ2v) is 7.10. The lowest BCUT2D eigenvalue weighted by molar-refractivity contribution is -0.176. The van der Waals surface area contributed by atoms with Crippen LogP contribution in [0.2, 0.25) is 0 Å². The van der Waals surface area contributed by atoms with Gasteiger partial charge in [0.05, 0.1) is 47.5 Å². The van der Waals surface area contributed by atoms with Crippen LogP contribution in [0.5, 0.6) is 0 Å². The van der Waals surface area contributed by atoms with E-state index in [0.29, 0.717) is 0 Å². The molecule has 0 aromatic heterocycles. The highest BCUT2D eigenvalue weighted by Crippen LogP contribution is 2.28. The van der Waals surface area contributed by atoms with Crippen LogP contribution < -0.4 is 0 Å². The second-order valence-electron chi connectivity index (χ2n) is 5.52. The minimum Gasteiger partial charge on any atom is -0.396 e. The predicted molar refractivity (Wildman–Crippen MR) is 93.0 cm³/mol. The Morgan fingerprint density at radius 2 is 1.35 bits per heavy atom. The fourth-order valence-electron chi connectivity index (χ4n) is 2.28. The molecule has 0 aliphatic carbocycles. The zero-order chi connectivity index (χ0) is 26.7. The molecule has 0 atom stereocenters. The van der Waals surface area contributed by atoms with Gasteiger partial charge in [0.1, 0.15) is 0 Å². The highest BCUT2D eigenvalue weighted by atomic mass is 32.2. The molecule has 0 radical (unpaired) electrons. The van der Waals surface area contributed by atoms with Crippen molar-refractivity contribution in [1.82, 2.24) is 0 Å². The maximum absolute atomic E-state index is 11.0. The minimum atomic E-state index is -3.97. The smallest absolute Gasteiger partial charge is 0.264 e. The Labute approximate surface area is 166 Å². The molecule has 2 aliphatic heterocycles. The molecule has 2 saturated heterocycles. The quantitative estimate of drug-likeness (QED) is 0.494. The first-order valence-electron chi connectivity index (χ1n) is 11.9. The molecule has 2 aliphatic rings. The summed E-state index contributed by atoms with van der Waals surface area (Å²) >= 11 is 0. The summed E-state index contributed by atoms with van der Waals surface area (Å²) in [6.07, 6.45) is -2.73. The molecule has 0 aromatic carbocycles. The summed E-state index contributed by atoms with van der Waals surface area (Å²) < 4.78 is 105. The van der Waals surface area contributed by atoms with Gasteiger partial charge in [-0.1, -0.05) is 13.3 Å². The summed E-state index contributed by atoms with van der Waals surface area (Å²) in [5.41, 5.74) is 0. The van der Waals surface area contributed by atoms with Crippen LogP contribution >= 0.6 is 0 Å². The largest absolute Gasteiger partial charge is 0.396 e. The number of ether oxygens (including phenoxy) is 4. The molecule has 0 bridgehead atoms. The van der Waals surface area contributed by atoms with E-state index in [2.05, 4.69) is 4.18 Å². The zero-order valence-corrected chi connectivity index (χ0v) is 15.6. The zero-order valence-electron chi connectivity index (χ0n) is 22.8. The van der Waals surface area contributed by atoms with Crippen molar-refractivity contribution in [1.29, 1.82) is 0 Å². The normalized spacial score (nSPS) is 28.2. The first-order valence-corrected chi connectivity index (χ1v) is 9.68. The van der Waals surface area contributed by atoms with Gasteiger partial charge in [0.2, 0.25) is 0 Å². The molecule has 0 aromatic rings. The van der Waals surface area contributed by atoms with Crippen LogP contribution in [0.4, 0.5) is 0 Å². The van der Waals surface area contributed by atoms with Crippen molar-refractivity contribution < 1.29 is 52.7 Å². The lowest BCUT2D eigenvalue weighted by Crippen LogP contribution is -2.32. The highest BCUT2D eigenvalue weighted by Gasteiger charge is 2.36. The lowest BCUT2D eigenvalue weighted by atomic mass is 10.1. The Morgan fingerprint density at radius 1 is 0.923 bits per heavy atom. The molecule has 156 valence electrons. The molecule has 0 spiro atoms. The summed E-state index contributed by atoms with van der Waals surface area (Å²) in [6.45, 7) is -5.50. The van der Waals surface area contributed by atoms with Gasteiger partial charge in [-0.05, 0) is 0 Å². The topological polar surface area (TPSA) is 121 Å². The Kier molecular flexibility index (Phi) is 6.09. The first kappa shape index (κ1) is 13.8. The molecular formula is C16H32O9S. The second kappa shape index (κ2) is 11.5. The molecule has 9 nitrogen and oxygen atoms in total. The first-order chi connectivity index (χ1) is 14.9. The standard InChI is InChI=1S/C9H18O5S.C7H14O4/c1-3-4-9(12-7-8-13-9)5-6-14-15(2,10)11;8-3-1-7(2-4-9)10-5-6-11-7/h3-8H2,1-2H3;8-9H,1-6H2/i3D2,6D2;3D2,4D2. The van der Waals surface area contributed by atoms with E-state index >= 15 is 0 Å². The van der Waals surface area contributed by atoms with E-state index in [4.69, 9.17) is 40.1 Å². The van der Waals surface area contributed by atoms with Crippen LogP contribution in [0, 0.1) is 0 Å². The molecule has 2 fully saturated rings. The van der Waals surface area contributed by atoms with Crippen molar-refractivity contribution >= 4 is 10.1 Å². The monoisotopic (exact) mass is 408 g/mol. The average molecular weight is 409 g/mol. The highest BCUT2D eigenvalue weighted by molar-refractivity contribution is 7.85. The number of hydrogen-bond donors (Lipinski definition) is 2. The SMILES string of the molecule is [2H]C([2H])(C)CC1(CC([2H])([2H])OS(C)(=O)=O)OCCO1.[2H]C([2H])(O)CC1(CC([2H])([2H])O)OCCO1. The van der Waals surface area contributed by atoms with Crippen LogP contribution in [-0.4, -0.2) is 82.6 Å². The molecule has 0 unspecified atom stereocenters. The lowest BCUT2D eigenvalue weighted by Gasteiger charge is -2.26. The number of rotatable bonds is 10. The Hall–Kier alpha value is -0.330. The van der Waals surface area contributed by atoms with Crippen LogP contribution in [0.15, 0.2) is 0 Å². The van der Waals surface area contributed by atoms with Crippen LogP contribution in [0.25, 0.3) is 0 Å². The van der Waals surface area contributed by atoms with Gasteiger partial charge >= 0.3 is 0 Å². The van der Waals surface area contributed by atoms with E-state index in [1.165, 1.54) is 6.92 Å². The molecular weight excluding hydrogens is 368 g/mol. The van der Waals surface area contributed by atoms with Crippen LogP contribution in [-0.2, 0) is 33.2 Å². The Bertz CT molecular complexity index is 732. The summed E-state index contributed by atoms with van der Waals surface area (Å²) in [4.78, 5) is 0. The summed E-state index contributed by atoms with van der Waals surface area (Å²) in [7, 11) is -3.97. The third-order valence-corrected chi connectivity index (χ3v) is 3.74. The van der Waals surface area contributed by atoms with Gasteiger partial charge in [-0.2, -0.15) is 8.42 Å². The third kappa shape index (κ3) is 8.57. The summed E-state index contributed by atoms with van der Waals surface area (Å²) in [6, 6.07) is 0. The predicted octanol–water partition coefficient (Wildman–Crippen LogP) is 0.390. The fraction of sp³-hybridized carbons (Fsp3) is 1.00. The van der Waals surface area contributed by atoms with Gasteiger partial charge in [-0.25, -0.2) is 0 Å². The van der Waals surface area contributed by atoms with Gasteiger partial charge in [0.15, 0.2) is 11.6 Å². The molecule has 10 heteroatoms. The number of aliphatic hydroxyl groups is 2. The maximum Gasteiger partial charge on any atom is 0.264 e. The van der Waals surface area contributed by atoms with Crippen molar-refractivity contribution in [3.63, 3.8) is 0 Å². The molecule has 2 rings (SSSR count). The van der Waals surface area contributed by atoms with Crippen LogP contribution in [0.3, 0.4) is 0 Å². The van der Waals surface area contributed by atoms with E-state index in [0.717, 1.165) is 6.26 Å². The van der Waals surface area contributed by atoms with E-state index in [1.54, 1.807) is 0 Å². The van der Waals surface area contributed by atoms with Crippen molar-refractivity contribution in [2.45, 2.75) is 50.6 Å². The van der Waals surface area contributed by atoms with Crippen molar-refractivity contribution in [3.8, 4) is 0 Å². The molecule has 0 saturated carbocycles. The minimum absolute atomic E-state index is 0.187. The van der Waals surface area contributed by atoms with Gasteiger partial charge in [0, 0.05) is 41.5 Å². The van der Waals surface area contributed by atoms with E-state index in [9.17, 15) is 8.42 Å². The van der Waals surface area contributed by atoms with E-state index in [-0.39, 0.29) is 32.8 Å². The molecule has 2 heterocycles. The van der Waals surface area contributed by atoms with Gasteiger partial charge in [-0.15, -0.1) is 0 Å². The van der Waals surface area contributed by atoms with Gasteiger partial charge in [0.25, 0.3) is 10.1 Å². The number of hydrogen-bond acceptors (Lipinski definition) is 9. The third-order valence-electron chi connectivity index (χ3n) is 3.32. The summed E-state index contributed by atoms with van der Waals surface area (Å²) in [5, 5.41) is 18.0. The maximum atomic E-state index is 11.0. The summed E-state index contributed by atoms with van der Waals surface area (Å²) in [5.74, 6) is -3.09. The van der Waals surface area contributed by atoms with Gasteiger partial charge < -0.3 is 29.2 Å². The Morgan fingerprint density at radius 3 is 1.69 bits per heavy atom. The Balaban J connectivity index is 0.000000350. The van der Waals surface area contributed by atoms with E-state index < -0.39 is 67.0 Å². The van der Waals surface area contributed by atoms with Gasteiger partial charge in [-0.3, -0.25) is 4.18 Å². The van der Waals surface area contributed by atoms with Crippen molar-refractivity contribution in [2.24, 2.45) is 0 Å². The molecule has 0 amide bonds. The fourth-order valence-corrected chi connectivity index (χ4v) is 2.56.